The molecule has 4 rings (SSSR count). The van der Waals surface area contributed by atoms with E-state index in [1.165, 1.54) is 5.56 Å². The molecule has 1 saturated carbocycles. The molecule has 3 N–H and O–H groups in total. The SMILES string of the molecule is COc1ccc(NC(=O)NC2CCC3(c4ccc(OC)c(OC)c4)CCN(C)C3C2)cc1Cl.O=C(O)C(F)(F)F. The summed E-state index contributed by atoms with van der Waals surface area (Å²) in [6, 6.07) is 11.7. The number of anilines is 1. The fourth-order valence-electron chi connectivity index (χ4n) is 5.49. The molecule has 1 aliphatic heterocycles. The Bertz CT molecular complexity index is 1210. The number of carboxylic acid groups (broad SMARTS) is 1. The van der Waals surface area contributed by atoms with Crippen LogP contribution in [0.1, 0.15) is 31.2 Å². The van der Waals surface area contributed by atoms with Crippen LogP contribution in [0.5, 0.6) is 17.2 Å². The number of likely N-dealkylation sites (tertiary alicyclic amines) is 1. The highest BCUT2D eigenvalue weighted by Crippen LogP contribution is 2.49. The van der Waals surface area contributed by atoms with Gasteiger partial charge in [0.05, 0.1) is 26.4 Å². The van der Waals surface area contributed by atoms with E-state index in [1.807, 2.05) is 6.07 Å². The maximum Gasteiger partial charge on any atom is 0.490 e. The van der Waals surface area contributed by atoms with Crippen LogP contribution < -0.4 is 24.8 Å². The minimum absolute atomic E-state index is 0.0481. The molecule has 0 radical (unpaired) electrons. The number of nitrogens with one attached hydrogen (secondary N) is 2. The Morgan fingerprint density at radius 2 is 1.65 bits per heavy atom. The van der Waals surface area contributed by atoms with Gasteiger partial charge in [-0.1, -0.05) is 17.7 Å². The second-order valence-electron chi connectivity index (χ2n) is 9.69. The second-order valence-corrected chi connectivity index (χ2v) is 10.1. The number of carbonyl (C=O) groups is 2. The molecule has 0 aromatic heterocycles. The molecule has 2 aromatic rings. The number of benzene rings is 2. The number of halogens is 4. The number of hydrogen-bond donors (Lipinski definition) is 3. The Labute approximate surface area is 235 Å². The topological polar surface area (TPSA) is 109 Å². The summed E-state index contributed by atoms with van der Waals surface area (Å²) < 4.78 is 47.9. The van der Waals surface area contributed by atoms with Gasteiger partial charge in [-0.05, 0) is 75.2 Å². The summed E-state index contributed by atoms with van der Waals surface area (Å²) in [6.45, 7) is 1.03. The minimum atomic E-state index is -5.08. The van der Waals surface area contributed by atoms with Crippen LogP contribution in [0.2, 0.25) is 5.02 Å². The zero-order valence-electron chi connectivity index (χ0n) is 22.6. The molecule has 1 heterocycles. The Balaban J connectivity index is 0.000000559. The smallest absolute Gasteiger partial charge is 0.490 e. The first-order chi connectivity index (χ1) is 18.8. The van der Waals surface area contributed by atoms with Gasteiger partial charge in [-0.25, -0.2) is 9.59 Å². The summed E-state index contributed by atoms with van der Waals surface area (Å²) in [6.07, 6.45) is -1.19. The van der Waals surface area contributed by atoms with Gasteiger partial charge in [-0.3, -0.25) is 0 Å². The van der Waals surface area contributed by atoms with E-state index in [2.05, 4.69) is 34.7 Å². The molecule has 2 amide bonds. The summed E-state index contributed by atoms with van der Waals surface area (Å²) in [5, 5.41) is 13.6. The van der Waals surface area contributed by atoms with Crippen molar-refractivity contribution in [3.8, 4) is 17.2 Å². The fraction of sp³-hybridized carbons (Fsp3) is 0.481. The average Bonchev–Trinajstić information content (AvgIpc) is 3.25. The molecule has 13 heteroatoms. The fourth-order valence-corrected chi connectivity index (χ4v) is 5.75. The average molecular weight is 588 g/mol. The number of fused-ring (bicyclic) bond motifs is 1. The molecule has 2 aromatic carbocycles. The first-order valence-electron chi connectivity index (χ1n) is 12.5. The lowest BCUT2D eigenvalue weighted by molar-refractivity contribution is -0.192. The molecular formula is C27H33ClF3N3O6. The highest BCUT2D eigenvalue weighted by molar-refractivity contribution is 6.32. The predicted octanol–water partition coefficient (Wildman–Crippen LogP) is 5.32. The normalized spacial score (nSPS) is 22.3. The third-order valence-electron chi connectivity index (χ3n) is 7.47. The minimum Gasteiger partial charge on any atom is -0.495 e. The van der Waals surface area contributed by atoms with E-state index in [-0.39, 0.29) is 17.5 Å². The summed E-state index contributed by atoms with van der Waals surface area (Å²) in [4.78, 5) is 24.0. The lowest BCUT2D eigenvalue weighted by Crippen LogP contribution is -2.52. The van der Waals surface area contributed by atoms with Crippen LogP contribution in [0.4, 0.5) is 23.7 Å². The van der Waals surface area contributed by atoms with E-state index in [9.17, 15) is 18.0 Å². The van der Waals surface area contributed by atoms with Crippen molar-refractivity contribution in [1.82, 2.24) is 10.2 Å². The zero-order chi connectivity index (χ0) is 29.7. The number of methoxy groups -OCH3 is 3. The largest absolute Gasteiger partial charge is 0.495 e. The van der Waals surface area contributed by atoms with E-state index in [0.29, 0.717) is 22.5 Å². The maximum absolute atomic E-state index is 12.7. The summed E-state index contributed by atoms with van der Waals surface area (Å²) >= 11 is 6.18. The van der Waals surface area contributed by atoms with Crippen molar-refractivity contribution in [3.05, 3.63) is 47.0 Å². The first kappa shape index (κ1) is 31.2. The molecule has 1 aliphatic carbocycles. The molecule has 0 spiro atoms. The number of ether oxygens (including phenoxy) is 3. The molecule has 0 bridgehead atoms. The number of nitrogens with zero attached hydrogens (tertiary/aromatic N) is 1. The number of rotatable bonds is 6. The lowest BCUT2D eigenvalue weighted by Gasteiger charge is -2.45. The molecule has 2 aliphatic rings. The molecule has 9 nitrogen and oxygen atoms in total. The number of alkyl halides is 3. The highest BCUT2D eigenvalue weighted by atomic mass is 35.5. The van der Waals surface area contributed by atoms with Gasteiger partial charge in [-0.15, -0.1) is 0 Å². The number of aliphatic carboxylic acids is 1. The Kier molecular flexibility index (Phi) is 10.0. The van der Waals surface area contributed by atoms with E-state index in [1.54, 1.807) is 39.5 Å². The van der Waals surface area contributed by atoms with Gasteiger partial charge in [0.25, 0.3) is 0 Å². The van der Waals surface area contributed by atoms with Gasteiger partial charge in [0, 0.05) is 23.2 Å². The van der Waals surface area contributed by atoms with Crippen LogP contribution in [0.3, 0.4) is 0 Å². The lowest BCUT2D eigenvalue weighted by atomic mass is 9.65. The van der Waals surface area contributed by atoms with Crippen LogP contribution in [-0.2, 0) is 10.2 Å². The van der Waals surface area contributed by atoms with Crippen LogP contribution >= 0.6 is 11.6 Å². The number of carbonyl (C=O) groups excluding carboxylic acids is 1. The summed E-state index contributed by atoms with van der Waals surface area (Å²) in [5.41, 5.74) is 1.96. The molecule has 3 atom stereocenters. The quantitative estimate of drug-likeness (QED) is 0.420. The number of hydrogen-bond acceptors (Lipinski definition) is 6. The van der Waals surface area contributed by atoms with Crippen LogP contribution in [0.15, 0.2) is 36.4 Å². The van der Waals surface area contributed by atoms with Crippen LogP contribution in [0, 0.1) is 0 Å². The Morgan fingerprint density at radius 3 is 2.23 bits per heavy atom. The van der Waals surface area contributed by atoms with Crippen molar-refractivity contribution in [2.45, 2.75) is 49.4 Å². The van der Waals surface area contributed by atoms with Crippen LogP contribution in [-0.4, -0.2) is 75.2 Å². The van der Waals surface area contributed by atoms with Crippen molar-refractivity contribution in [2.75, 3.05) is 40.2 Å². The van der Waals surface area contributed by atoms with E-state index in [4.69, 9.17) is 35.7 Å². The molecule has 40 heavy (non-hydrogen) atoms. The highest BCUT2D eigenvalue weighted by Gasteiger charge is 2.50. The molecular weight excluding hydrogens is 555 g/mol. The number of likely N-dealkylation sites (N-methyl/N-ethyl adjacent to an activating group) is 1. The van der Waals surface area contributed by atoms with Crippen molar-refractivity contribution in [2.24, 2.45) is 0 Å². The van der Waals surface area contributed by atoms with E-state index in [0.717, 1.165) is 43.7 Å². The van der Waals surface area contributed by atoms with Crippen molar-refractivity contribution in [1.29, 1.82) is 0 Å². The molecule has 220 valence electrons. The van der Waals surface area contributed by atoms with E-state index < -0.39 is 12.1 Å². The van der Waals surface area contributed by atoms with Gasteiger partial charge in [0.15, 0.2) is 11.5 Å². The van der Waals surface area contributed by atoms with Gasteiger partial charge in [-0.2, -0.15) is 13.2 Å². The zero-order valence-corrected chi connectivity index (χ0v) is 23.4. The van der Waals surface area contributed by atoms with Gasteiger partial charge in [0.2, 0.25) is 0 Å². The monoisotopic (exact) mass is 587 g/mol. The molecule has 1 saturated heterocycles. The van der Waals surface area contributed by atoms with E-state index >= 15 is 0 Å². The predicted molar refractivity (Wildman–Crippen MR) is 144 cm³/mol. The first-order valence-corrected chi connectivity index (χ1v) is 12.9. The Hall–Kier alpha value is -3.38. The van der Waals surface area contributed by atoms with Gasteiger partial charge >= 0.3 is 18.2 Å². The van der Waals surface area contributed by atoms with Crippen molar-refractivity contribution >= 4 is 29.3 Å². The number of urea groups is 1. The summed E-state index contributed by atoms with van der Waals surface area (Å²) in [7, 11) is 7.07. The van der Waals surface area contributed by atoms with Crippen LogP contribution in [0.25, 0.3) is 0 Å². The standard InChI is InChI=1S/C25H32ClN3O4.C2HF3O2/c1-29-12-11-25(16-5-7-21(32-3)22(13-16)33-4)10-9-18(15-23(25)29)28-24(30)27-17-6-8-20(31-2)19(26)14-17;3-2(4,5)1(6)7/h5-8,13-14,18,23H,9-12,15H2,1-4H3,(H2,27,28,30);(H,6,7). The second kappa shape index (κ2) is 12.9. The number of carboxylic acids is 1. The molecule has 2 fully saturated rings. The maximum atomic E-state index is 12.7. The Morgan fingerprint density at radius 1 is 1.02 bits per heavy atom. The van der Waals surface area contributed by atoms with Gasteiger partial charge < -0.3 is 34.9 Å². The van der Waals surface area contributed by atoms with Crippen molar-refractivity contribution < 1.29 is 42.1 Å². The molecule has 3 unspecified atom stereocenters. The number of amides is 2. The third kappa shape index (κ3) is 7.03. The third-order valence-corrected chi connectivity index (χ3v) is 7.77. The van der Waals surface area contributed by atoms with Gasteiger partial charge in [0.1, 0.15) is 5.75 Å². The van der Waals surface area contributed by atoms with Crippen molar-refractivity contribution in [3.63, 3.8) is 0 Å². The summed E-state index contributed by atoms with van der Waals surface area (Å²) in [5.74, 6) is -0.681.